The Morgan fingerprint density at radius 1 is 1.30 bits per heavy atom. The molecule has 5 heteroatoms. The zero-order valence-corrected chi connectivity index (χ0v) is 11.3. The Morgan fingerprint density at radius 3 is 2.75 bits per heavy atom. The molecule has 1 amide bonds. The van der Waals surface area contributed by atoms with Crippen LogP contribution in [0.1, 0.15) is 6.92 Å². The number of nitrogens with one attached hydrogen (secondary N) is 2. The summed E-state index contributed by atoms with van der Waals surface area (Å²) in [5.41, 5.74) is 1.50. The maximum atomic E-state index is 11.3. The smallest absolute Gasteiger partial charge is 0.221 e. The van der Waals surface area contributed by atoms with E-state index in [1.807, 2.05) is 36.4 Å². The number of hydrogen-bond donors (Lipinski definition) is 4. The van der Waals surface area contributed by atoms with E-state index in [1.54, 1.807) is 0 Å². The number of hydrogen-bond acceptors (Lipinski definition) is 4. The van der Waals surface area contributed by atoms with Gasteiger partial charge in [-0.05, 0) is 17.5 Å². The van der Waals surface area contributed by atoms with Gasteiger partial charge in [-0.2, -0.15) is 0 Å². The van der Waals surface area contributed by atoms with E-state index in [4.69, 9.17) is 5.11 Å². The minimum atomic E-state index is -0.814. The maximum Gasteiger partial charge on any atom is 0.221 e. The van der Waals surface area contributed by atoms with Gasteiger partial charge in [-0.3, -0.25) is 4.79 Å². The molecule has 2 aromatic carbocycles. The lowest BCUT2D eigenvalue weighted by molar-refractivity contribution is -0.114. The van der Waals surface area contributed by atoms with Crippen LogP contribution in [0.25, 0.3) is 10.8 Å². The Kier molecular flexibility index (Phi) is 4.55. The largest absolute Gasteiger partial charge is 0.394 e. The van der Waals surface area contributed by atoms with Gasteiger partial charge in [0, 0.05) is 24.5 Å². The zero-order chi connectivity index (χ0) is 14.5. The number of anilines is 2. The van der Waals surface area contributed by atoms with Crippen LogP contribution < -0.4 is 10.6 Å². The van der Waals surface area contributed by atoms with Gasteiger partial charge in [-0.15, -0.1) is 0 Å². The van der Waals surface area contributed by atoms with Crippen molar-refractivity contribution in [2.24, 2.45) is 0 Å². The number of aliphatic hydroxyl groups is 2. The van der Waals surface area contributed by atoms with Crippen molar-refractivity contribution in [3.63, 3.8) is 0 Å². The van der Waals surface area contributed by atoms with Crippen molar-refractivity contribution < 1.29 is 15.0 Å². The molecule has 0 aliphatic rings. The quantitative estimate of drug-likeness (QED) is 0.667. The second-order valence-electron chi connectivity index (χ2n) is 4.64. The second-order valence-corrected chi connectivity index (χ2v) is 4.64. The highest BCUT2D eigenvalue weighted by atomic mass is 16.3. The average molecular weight is 274 g/mol. The first-order valence-corrected chi connectivity index (χ1v) is 6.43. The molecule has 20 heavy (non-hydrogen) atoms. The molecule has 0 saturated heterocycles. The molecule has 106 valence electrons. The summed E-state index contributed by atoms with van der Waals surface area (Å²) in [6.45, 7) is 1.41. The summed E-state index contributed by atoms with van der Waals surface area (Å²) in [5, 5.41) is 26.0. The molecule has 5 nitrogen and oxygen atoms in total. The van der Waals surface area contributed by atoms with E-state index >= 15 is 0 Å². The van der Waals surface area contributed by atoms with Crippen LogP contribution in [0.4, 0.5) is 11.4 Å². The van der Waals surface area contributed by atoms with E-state index in [-0.39, 0.29) is 19.1 Å². The Balaban J connectivity index is 2.34. The summed E-state index contributed by atoms with van der Waals surface area (Å²) in [4.78, 5) is 11.3. The fourth-order valence-corrected chi connectivity index (χ4v) is 2.01. The first kappa shape index (κ1) is 14.3. The average Bonchev–Trinajstić information content (AvgIpc) is 2.44. The predicted octanol–water partition coefficient (Wildman–Crippen LogP) is 1.56. The molecule has 0 aromatic heterocycles. The van der Waals surface area contributed by atoms with Crippen molar-refractivity contribution in [3.8, 4) is 0 Å². The minimum Gasteiger partial charge on any atom is -0.394 e. The van der Waals surface area contributed by atoms with Crippen molar-refractivity contribution in [1.82, 2.24) is 0 Å². The van der Waals surface area contributed by atoms with Gasteiger partial charge in [0.1, 0.15) is 0 Å². The molecule has 0 spiro atoms. The van der Waals surface area contributed by atoms with Crippen LogP contribution in [0.2, 0.25) is 0 Å². The molecule has 0 bridgehead atoms. The Labute approximate surface area is 117 Å². The van der Waals surface area contributed by atoms with Crippen molar-refractivity contribution in [2.75, 3.05) is 23.8 Å². The fraction of sp³-hybridized carbons (Fsp3) is 0.267. The molecule has 4 N–H and O–H groups in total. The molecule has 2 aromatic rings. The second kappa shape index (κ2) is 6.36. The summed E-state index contributed by atoms with van der Waals surface area (Å²) < 4.78 is 0. The van der Waals surface area contributed by atoms with E-state index in [0.29, 0.717) is 0 Å². The normalized spacial score (nSPS) is 12.2. The van der Waals surface area contributed by atoms with E-state index in [2.05, 4.69) is 10.6 Å². The van der Waals surface area contributed by atoms with Crippen LogP contribution in [0.15, 0.2) is 36.4 Å². The summed E-state index contributed by atoms with van der Waals surface area (Å²) in [6, 6.07) is 11.5. The lowest BCUT2D eigenvalue weighted by atomic mass is 10.1. The predicted molar refractivity (Wildman–Crippen MR) is 79.8 cm³/mol. The first-order chi connectivity index (χ1) is 9.60. The van der Waals surface area contributed by atoms with Crippen molar-refractivity contribution in [3.05, 3.63) is 36.4 Å². The standard InChI is InChI=1S/C15H18N2O3/c1-10(19)17-15-7-12(16-8-13(20)9-18)6-11-4-2-3-5-14(11)15/h2-7,13,16,18,20H,8-9H2,1H3,(H,17,19). The highest BCUT2D eigenvalue weighted by molar-refractivity contribution is 6.03. The third-order valence-corrected chi connectivity index (χ3v) is 2.93. The molecule has 0 aliphatic carbocycles. The van der Waals surface area contributed by atoms with Crippen LogP contribution in [0.3, 0.4) is 0 Å². The number of fused-ring (bicyclic) bond motifs is 1. The van der Waals surface area contributed by atoms with E-state index in [0.717, 1.165) is 22.1 Å². The van der Waals surface area contributed by atoms with Crippen molar-refractivity contribution in [1.29, 1.82) is 0 Å². The van der Waals surface area contributed by atoms with Crippen LogP contribution in [0, 0.1) is 0 Å². The molecular weight excluding hydrogens is 256 g/mol. The topological polar surface area (TPSA) is 81.6 Å². The van der Waals surface area contributed by atoms with E-state index in [9.17, 15) is 9.90 Å². The molecule has 0 fully saturated rings. The summed E-state index contributed by atoms with van der Waals surface area (Å²) in [5.74, 6) is -0.136. The van der Waals surface area contributed by atoms with Crippen LogP contribution in [0.5, 0.6) is 0 Å². The van der Waals surface area contributed by atoms with Gasteiger partial charge in [-0.1, -0.05) is 24.3 Å². The highest BCUT2D eigenvalue weighted by Gasteiger charge is 2.07. The van der Waals surface area contributed by atoms with Crippen molar-refractivity contribution >= 4 is 28.1 Å². The van der Waals surface area contributed by atoms with Gasteiger partial charge in [-0.25, -0.2) is 0 Å². The van der Waals surface area contributed by atoms with E-state index in [1.165, 1.54) is 6.92 Å². The van der Waals surface area contributed by atoms with Gasteiger partial charge in [0.05, 0.1) is 18.4 Å². The molecule has 0 heterocycles. The molecule has 2 rings (SSSR count). The molecular formula is C15H18N2O3. The molecule has 1 unspecified atom stereocenters. The third kappa shape index (κ3) is 3.46. The van der Waals surface area contributed by atoms with Gasteiger partial charge in [0.15, 0.2) is 0 Å². The number of aliphatic hydroxyl groups excluding tert-OH is 2. The molecule has 1 atom stereocenters. The van der Waals surface area contributed by atoms with Crippen LogP contribution in [-0.4, -0.2) is 35.4 Å². The number of rotatable bonds is 5. The minimum absolute atomic E-state index is 0.136. The monoisotopic (exact) mass is 274 g/mol. The lowest BCUT2D eigenvalue weighted by Crippen LogP contribution is -2.23. The first-order valence-electron chi connectivity index (χ1n) is 6.43. The lowest BCUT2D eigenvalue weighted by Gasteiger charge is -2.14. The Hall–Kier alpha value is -2.11. The zero-order valence-electron chi connectivity index (χ0n) is 11.3. The Bertz CT molecular complexity index is 613. The number of amides is 1. The SMILES string of the molecule is CC(=O)Nc1cc(NCC(O)CO)cc2ccccc12. The summed E-state index contributed by atoms with van der Waals surface area (Å²) >= 11 is 0. The molecule has 0 radical (unpaired) electrons. The maximum absolute atomic E-state index is 11.3. The number of benzene rings is 2. The number of carbonyl (C=O) groups is 1. The van der Waals surface area contributed by atoms with Crippen LogP contribution in [-0.2, 0) is 4.79 Å². The van der Waals surface area contributed by atoms with Crippen LogP contribution >= 0.6 is 0 Å². The number of carbonyl (C=O) groups excluding carboxylic acids is 1. The van der Waals surface area contributed by atoms with Gasteiger partial charge < -0.3 is 20.8 Å². The summed E-state index contributed by atoms with van der Waals surface area (Å²) in [7, 11) is 0. The highest BCUT2D eigenvalue weighted by Crippen LogP contribution is 2.28. The molecule has 0 aliphatic heterocycles. The third-order valence-electron chi connectivity index (χ3n) is 2.93. The summed E-state index contributed by atoms with van der Waals surface area (Å²) in [6.07, 6.45) is -0.814. The van der Waals surface area contributed by atoms with Gasteiger partial charge in [0.2, 0.25) is 5.91 Å². The fourth-order valence-electron chi connectivity index (χ4n) is 2.01. The Morgan fingerprint density at radius 2 is 2.05 bits per heavy atom. The van der Waals surface area contributed by atoms with Crippen molar-refractivity contribution in [2.45, 2.75) is 13.0 Å². The van der Waals surface area contributed by atoms with Gasteiger partial charge >= 0.3 is 0 Å². The van der Waals surface area contributed by atoms with E-state index < -0.39 is 6.10 Å². The molecule has 0 saturated carbocycles. The van der Waals surface area contributed by atoms with Gasteiger partial charge in [0.25, 0.3) is 0 Å².